The molecule has 1 N–H and O–H groups in total. The maximum Gasteiger partial charge on any atom is 0.127 e. The molecule has 168 valence electrons. The van der Waals surface area contributed by atoms with E-state index in [9.17, 15) is 0 Å². The van der Waals surface area contributed by atoms with E-state index in [1.807, 2.05) is 0 Å². The number of unbranched alkanes of at least 4 members (excludes halogenated alkanes) is 8. The Morgan fingerprint density at radius 1 is 0.759 bits per heavy atom. The average Bonchev–Trinajstić information content (AvgIpc) is 2.67. The van der Waals surface area contributed by atoms with Crippen molar-refractivity contribution in [3.63, 3.8) is 0 Å². The van der Waals surface area contributed by atoms with Crippen molar-refractivity contribution in [1.29, 1.82) is 0 Å². The highest BCUT2D eigenvalue weighted by Crippen LogP contribution is 2.26. The summed E-state index contributed by atoms with van der Waals surface area (Å²) in [7, 11) is 0. The summed E-state index contributed by atoms with van der Waals surface area (Å²) in [6.07, 6.45) is 12.6. The molecular formula is C26H47NO2. The molecule has 0 aromatic heterocycles. The molecule has 0 atom stereocenters. The summed E-state index contributed by atoms with van der Waals surface area (Å²) < 4.78 is 12.2. The second kappa shape index (κ2) is 15.6. The standard InChI is InChI=1S/C26H47NO2/c1-6-8-10-12-14-18-28-24-17-16-23(21-27-22-26(3,4)5)25(20-24)29-19-15-13-11-9-7-2/h16-17,20,27H,6-15,18-19,21-22H2,1-5H3. The smallest absolute Gasteiger partial charge is 0.127 e. The maximum atomic E-state index is 6.18. The second-order valence-electron chi connectivity index (χ2n) is 9.46. The van der Waals surface area contributed by atoms with E-state index in [-0.39, 0.29) is 5.41 Å². The molecule has 0 aliphatic rings. The van der Waals surface area contributed by atoms with Gasteiger partial charge in [0.15, 0.2) is 0 Å². The highest BCUT2D eigenvalue weighted by molar-refractivity contribution is 5.40. The molecular weight excluding hydrogens is 358 g/mol. The van der Waals surface area contributed by atoms with Crippen molar-refractivity contribution in [2.75, 3.05) is 19.8 Å². The van der Waals surface area contributed by atoms with Crippen molar-refractivity contribution in [1.82, 2.24) is 5.32 Å². The zero-order chi connectivity index (χ0) is 21.4. The van der Waals surface area contributed by atoms with Crippen LogP contribution >= 0.6 is 0 Å². The summed E-state index contributed by atoms with van der Waals surface area (Å²) >= 11 is 0. The minimum absolute atomic E-state index is 0.279. The normalized spacial score (nSPS) is 11.6. The van der Waals surface area contributed by atoms with Gasteiger partial charge in [0.25, 0.3) is 0 Å². The predicted molar refractivity (Wildman–Crippen MR) is 126 cm³/mol. The van der Waals surface area contributed by atoms with Gasteiger partial charge in [0, 0.05) is 24.7 Å². The molecule has 0 aliphatic carbocycles. The minimum Gasteiger partial charge on any atom is -0.493 e. The van der Waals surface area contributed by atoms with Crippen molar-refractivity contribution < 1.29 is 9.47 Å². The first-order chi connectivity index (χ1) is 14.0. The van der Waals surface area contributed by atoms with Gasteiger partial charge in [0.1, 0.15) is 11.5 Å². The third-order valence-corrected chi connectivity index (χ3v) is 5.03. The Balaban J connectivity index is 2.55. The average molecular weight is 406 g/mol. The summed E-state index contributed by atoms with van der Waals surface area (Å²) in [6.45, 7) is 14.7. The molecule has 0 fully saturated rings. The highest BCUT2D eigenvalue weighted by atomic mass is 16.5. The topological polar surface area (TPSA) is 30.5 Å². The van der Waals surface area contributed by atoms with Gasteiger partial charge < -0.3 is 14.8 Å². The first kappa shape index (κ1) is 25.8. The van der Waals surface area contributed by atoms with Crippen LogP contribution in [-0.2, 0) is 6.54 Å². The summed E-state index contributed by atoms with van der Waals surface area (Å²) in [6, 6.07) is 6.34. The summed E-state index contributed by atoms with van der Waals surface area (Å²) in [5.74, 6) is 1.91. The largest absolute Gasteiger partial charge is 0.493 e. The number of rotatable bonds is 17. The lowest BCUT2D eigenvalue weighted by Gasteiger charge is -2.20. The van der Waals surface area contributed by atoms with Gasteiger partial charge >= 0.3 is 0 Å². The molecule has 0 saturated heterocycles. The van der Waals surface area contributed by atoms with Crippen molar-refractivity contribution in [3.05, 3.63) is 23.8 Å². The number of ether oxygens (including phenoxy) is 2. The van der Waals surface area contributed by atoms with Gasteiger partial charge in [0.2, 0.25) is 0 Å². The summed E-state index contributed by atoms with van der Waals surface area (Å²) in [4.78, 5) is 0. The first-order valence-corrected chi connectivity index (χ1v) is 12.1. The number of nitrogens with one attached hydrogen (secondary N) is 1. The Morgan fingerprint density at radius 2 is 1.34 bits per heavy atom. The number of hydrogen-bond acceptors (Lipinski definition) is 3. The molecule has 29 heavy (non-hydrogen) atoms. The van der Waals surface area contributed by atoms with Crippen molar-refractivity contribution >= 4 is 0 Å². The monoisotopic (exact) mass is 405 g/mol. The van der Waals surface area contributed by atoms with E-state index in [1.165, 1.54) is 56.9 Å². The Bertz CT molecular complexity index is 522. The van der Waals surface area contributed by atoms with Crippen LogP contribution in [0.4, 0.5) is 0 Å². The van der Waals surface area contributed by atoms with E-state index in [2.05, 4.69) is 58.1 Å². The van der Waals surface area contributed by atoms with E-state index in [0.29, 0.717) is 0 Å². The SMILES string of the molecule is CCCCCCCOc1ccc(CNCC(C)(C)C)c(OCCCCCCC)c1. The molecule has 1 aromatic rings. The van der Waals surface area contributed by atoms with Crippen molar-refractivity contribution in [3.8, 4) is 11.5 Å². The van der Waals surface area contributed by atoms with Gasteiger partial charge in [0.05, 0.1) is 13.2 Å². The molecule has 0 aliphatic heterocycles. The van der Waals surface area contributed by atoms with E-state index < -0.39 is 0 Å². The van der Waals surface area contributed by atoms with E-state index in [1.54, 1.807) is 0 Å². The molecule has 0 saturated carbocycles. The van der Waals surface area contributed by atoms with Gasteiger partial charge in [-0.3, -0.25) is 0 Å². The Morgan fingerprint density at radius 3 is 1.93 bits per heavy atom. The fourth-order valence-electron chi connectivity index (χ4n) is 3.26. The van der Waals surface area contributed by atoms with Crippen LogP contribution in [0.2, 0.25) is 0 Å². The Labute approximate surface area is 181 Å². The third kappa shape index (κ3) is 13.6. The zero-order valence-electron chi connectivity index (χ0n) is 19.9. The molecule has 1 rings (SSSR count). The lowest BCUT2D eigenvalue weighted by Crippen LogP contribution is -2.26. The van der Waals surface area contributed by atoms with Crippen LogP contribution in [0.25, 0.3) is 0 Å². The number of benzene rings is 1. The van der Waals surface area contributed by atoms with Crippen LogP contribution in [-0.4, -0.2) is 19.8 Å². The van der Waals surface area contributed by atoms with E-state index in [0.717, 1.165) is 50.6 Å². The van der Waals surface area contributed by atoms with E-state index in [4.69, 9.17) is 9.47 Å². The maximum absolute atomic E-state index is 6.18. The summed E-state index contributed by atoms with van der Waals surface area (Å²) in [5.41, 5.74) is 1.50. The van der Waals surface area contributed by atoms with E-state index >= 15 is 0 Å². The molecule has 3 heteroatoms. The lowest BCUT2D eigenvalue weighted by atomic mass is 9.97. The van der Waals surface area contributed by atoms with Gasteiger partial charge in [-0.15, -0.1) is 0 Å². The Kier molecular flexibility index (Phi) is 13.9. The lowest BCUT2D eigenvalue weighted by molar-refractivity contribution is 0.286. The minimum atomic E-state index is 0.279. The van der Waals surface area contributed by atoms with Crippen molar-refractivity contribution in [2.24, 2.45) is 5.41 Å². The quantitative estimate of drug-likeness (QED) is 0.272. The van der Waals surface area contributed by atoms with Crippen LogP contribution in [0.1, 0.15) is 104 Å². The highest BCUT2D eigenvalue weighted by Gasteiger charge is 2.11. The van der Waals surface area contributed by atoms with Crippen LogP contribution in [0.15, 0.2) is 18.2 Å². The zero-order valence-corrected chi connectivity index (χ0v) is 19.9. The third-order valence-electron chi connectivity index (χ3n) is 5.03. The molecule has 0 unspecified atom stereocenters. The predicted octanol–water partition coefficient (Wildman–Crippen LogP) is 7.52. The van der Waals surface area contributed by atoms with Crippen LogP contribution in [0, 0.1) is 5.41 Å². The van der Waals surface area contributed by atoms with Gasteiger partial charge in [-0.2, -0.15) is 0 Å². The van der Waals surface area contributed by atoms with Crippen LogP contribution < -0.4 is 14.8 Å². The molecule has 0 heterocycles. The summed E-state index contributed by atoms with van der Waals surface area (Å²) in [5, 5.41) is 3.57. The van der Waals surface area contributed by atoms with Crippen LogP contribution in [0.3, 0.4) is 0 Å². The molecule has 3 nitrogen and oxygen atoms in total. The Hall–Kier alpha value is -1.22. The fourth-order valence-corrected chi connectivity index (χ4v) is 3.26. The molecule has 0 bridgehead atoms. The molecule has 1 aromatic carbocycles. The first-order valence-electron chi connectivity index (χ1n) is 12.1. The van der Waals surface area contributed by atoms with Crippen LogP contribution in [0.5, 0.6) is 11.5 Å². The number of hydrogen-bond donors (Lipinski definition) is 1. The fraction of sp³-hybridized carbons (Fsp3) is 0.769. The van der Waals surface area contributed by atoms with Gasteiger partial charge in [-0.25, -0.2) is 0 Å². The molecule has 0 spiro atoms. The molecule has 0 amide bonds. The van der Waals surface area contributed by atoms with Gasteiger partial charge in [-0.1, -0.05) is 92.1 Å². The van der Waals surface area contributed by atoms with Gasteiger partial charge in [-0.05, 0) is 24.3 Å². The second-order valence-corrected chi connectivity index (χ2v) is 9.46. The van der Waals surface area contributed by atoms with Crippen molar-refractivity contribution in [2.45, 2.75) is 105 Å². The molecule has 0 radical (unpaired) electrons.